The predicted molar refractivity (Wildman–Crippen MR) is 200 cm³/mol. The Bertz CT molecular complexity index is 1550. The van der Waals surface area contributed by atoms with Gasteiger partial charge in [-0.05, 0) is 151 Å². The van der Waals surface area contributed by atoms with Crippen molar-refractivity contribution in [1.29, 1.82) is 0 Å². The van der Waals surface area contributed by atoms with E-state index >= 15 is 0 Å². The summed E-state index contributed by atoms with van der Waals surface area (Å²) in [6, 6.07) is 7.58. The van der Waals surface area contributed by atoms with Crippen LogP contribution >= 0.6 is 0 Å². The molecule has 6 aliphatic rings. The molecule has 6 heteroatoms. The van der Waals surface area contributed by atoms with E-state index in [2.05, 4.69) is 59.5 Å². The molecule has 0 radical (unpaired) electrons. The summed E-state index contributed by atoms with van der Waals surface area (Å²) in [5, 5.41) is 24.2. The first-order chi connectivity index (χ1) is 23.6. The maximum Gasteiger partial charge on any atom is 0.335 e. The number of fused-ring (bicyclic) bond motifs is 7. The molecule has 1 aromatic rings. The fourth-order valence-electron chi connectivity index (χ4n) is 14.2. The molecule has 1 heterocycles. The third-order valence-electron chi connectivity index (χ3n) is 16.7. The van der Waals surface area contributed by atoms with Crippen LogP contribution in [0.5, 0.6) is 0 Å². The quantitative estimate of drug-likeness (QED) is 0.227. The Hall–Kier alpha value is -2.44. The number of β-amino-alcohol motifs (C(OH)–C–C–N with tert-alkyl or cyclic N) is 1. The monoisotopic (exact) mass is 684 g/mol. The Kier molecular flexibility index (Phi) is 9.06. The van der Waals surface area contributed by atoms with Crippen LogP contribution in [0.25, 0.3) is 5.57 Å². The van der Waals surface area contributed by atoms with Gasteiger partial charge < -0.3 is 20.4 Å². The molecule has 0 aromatic heterocycles. The zero-order valence-electron chi connectivity index (χ0n) is 31.8. The highest BCUT2D eigenvalue weighted by Gasteiger charge is 2.70. The van der Waals surface area contributed by atoms with Crippen LogP contribution in [-0.2, 0) is 4.79 Å². The van der Waals surface area contributed by atoms with Gasteiger partial charge in [0.2, 0.25) is 5.91 Å². The molecular formula is C44H64N2O4. The number of aliphatic hydroxyl groups is 1. The summed E-state index contributed by atoms with van der Waals surface area (Å²) < 4.78 is 0. The summed E-state index contributed by atoms with van der Waals surface area (Å²) >= 11 is 0. The minimum atomic E-state index is -0.870. The van der Waals surface area contributed by atoms with Gasteiger partial charge in [-0.1, -0.05) is 65.0 Å². The average Bonchev–Trinajstić information content (AvgIpc) is 3.64. The molecule has 3 N–H and O–H groups in total. The summed E-state index contributed by atoms with van der Waals surface area (Å²) in [5.74, 6) is 2.41. The normalized spacial score (nSPS) is 41.0. The van der Waals surface area contributed by atoms with Crippen LogP contribution in [0, 0.1) is 56.7 Å². The number of carboxylic acids is 1. The zero-order chi connectivity index (χ0) is 35.9. The number of allylic oxidation sites excluding steroid dienone is 3. The number of aromatic carboxylic acids is 1. The van der Waals surface area contributed by atoms with Gasteiger partial charge in [-0.2, -0.15) is 0 Å². The molecular weight excluding hydrogens is 620 g/mol. The van der Waals surface area contributed by atoms with Gasteiger partial charge in [-0.3, -0.25) is 4.79 Å². The molecule has 1 aliphatic heterocycles. The van der Waals surface area contributed by atoms with Crippen molar-refractivity contribution in [2.24, 2.45) is 56.7 Å². The number of carboxylic acid groups (broad SMARTS) is 1. The first kappa shape index (κ1) is 35.9. The number of hydrogen-bond donors (Lipinski definition) is 3. The molecule has 0 bridgehead atoms. The Balaban J connectivity index is 1.13. The number of nitrogens with one attached hydrogen (secondary N) is 1. The van der Waals surface area contributed by atoms with E-state index in [1.54, 1.807) is 12.1 Å². The van der Waals surface area contributed by atoms with E-state index in [-0.39, 0.29) is 33.0 Å². The summed E-state index contributed by atoms with van der Waals surface area (Å²) in [7, 11) is 0. The number of likely N-dealkylation sites (tertiary alicyclic amines) is 1. The Morgan fingerprint density at radius 3 is 2.38 bits per heavy atom. The van der Waals surface area contributed by atoms with Crippen molar-refractivity contribution < 1.29 is 19.8 Å². The molecule has 1 unspecified atom stereocenters. The lowest BCUT2D eigenvalue weighted by Crippen LogP contribution is -2.66. The maximum atomic E-state index is 12.2. The summed E-state index contributed by atoms with van der Waals surface area (Å²) in [4.78, 5) is 25.6. The van der Waals surface area contributed by atoms with Gasteiger partial charge in [0.05, 0.1) is 11.7 Å². The Labute approximate surface area is 301 Å². The van der Waals surface area contributed by atoms with E-state index in [4.69, 9.17) is 0 Å². The van der Waals surface area contributed by atoms with Gasteiger partial charge in [-0.25, -0.2) is 4.79 Å². The Morgan fingerprint density at radius 1 is 0.980 bits per heavy atom. The SMILES string of the molecule is C=C(C)[C@@H]1CC[C@]2(CNCC(O)CN3CCCC3=O)CC[C@]3(C)[C@H](CC[C@@H]4[C@@]5(C)CC=C(c6ccc(C(=O)O)cc6)C(C)(C)[C@@H]5CC[C@]43C)[C@@H]12. The lowest BCUT2D eigenvalue weighted by Gasteiger charge is -2.72. The highest BCUT2D eigenvalue weighted by Crippen LogP contribution is 2.77. The van der Waals surface area contributed by atoms with Gasteiger partial charge in [0, 0.05) is 32.6 Å². The van der Waals surface area contributed by atoms with Crippen molar-refractivity contribution in [1.82, 2.24) is 10.2 Å². The molecule has 5 fully saturated rings. The number of rotatable bonds is 9. The second-order valence-electron chi connectivity index (χ2n) is 19.2. The standard InChI is InChI=1S/C44H64N2O4/c1-28(2)32-16-21-44(27-45-25-31(47)26-46-24-8-9-37(46)48)23-22-42(6)34(38(32)44)14-15-36-41(5)19-17-33(29-10-12-30(13-11-29)39(49)50)40(3,4)35(41)18-20-43(36,42)7/h10-13,17,31-32,34-36,38,45,47H,1,8-9,14-16,18-27H2,2-7H3,(H,49,50)/t31?,32-,34+,35-,36+,38+,41-,42+,43+,44+/m0/s1. The molecule has 5 aliphatic carbocycles. The van der Waals surface area contributed by atoms with Crippen LogP contribution in [0.2, 0.25) is 0 Å². The molecule has 0 spiro atoms. The smallest absolute Gasteiger partial charge is 0.335 e. The number of benzene rings is 1. The van der Waals surface area contributed by atoms with Crippen molar-refractivity contribution in [2.75, 3.05) is 26.2 Å². The number of aliphatic hydroxyl groups excluding tert-OH is 1. The van der Waals surface area contributed by atoms with E-state index in [0.717, 1.165) is 25.9 Å². The zero-order valence-corrected chi connectivity index (χ0v) is 31.8. The molecule has 1 saturated heterocycles. The molecule has 1 aromatic carbocycles. The summed E-state index contributed by atoms with van der Waals surface area (Å²) in [6.07, 6.45) is 14.7. The van der Waals surface area contributed by atoms with Crippen molar-refractivity contribution >= 4 is 17.4 Å². The molecule has 7 rings (SSSR count). The fraction of sp³-hybridized carbons (Fsp3) is 0.727. The third-order valence-corrected chi connectivity index (χ3v) is 16.7. The van der Waals surface area contributed by atoms with Crippen molar-refractivity contribution in [3.8, 4) is 0 Å². The van der Waals surface area contributed by atoms with Crippen molar-refractivity contribution in [3.63, 3.8) is 0 Å². The highest BCUT2D eigenvalue weighted by molar-refractivity contribution is 5.88. The number of carbonyl (C=O) groups is 2. The largest absolute Gasteiger partial charge is 0.478 e. The first-order valence-corrected chi connectivity index (χ1v) is 19.9. The van der Waals surface area contributed by atoms with E-state index in [0.29, 0.717) is 54.7 Å². The second kappa shape index (κ2) is 12.6. The lowest BCUT2D eigenvalue weighted by molar-refractivity contribution is -0.225. The summed E-state index contributed by atoms with van der Waals surface area (Å²) in [5.41, 5.74) is 5.28. The number of nitrogens with zero attached hydrogens (tertiary/aromatic N) is 1. The molecule has 1 amide bonds. The number of hydrogen-bond acceptors (Lipinski definition) is 4. The summed E-state index contributed by atoms with van der Waals surface area (Å²) in [6.45, 7) is 22.5. The molecule has 6 nitrogen and oxygen atoms in total. The van der Waals surface area contributed by atoms with Gasteiger partial charge in [0.15, 0.2) is 0 Å². The van der Waals surface area contributed by atoms with Gasteiger partial charge in [-0.15, -0.1) is 0 Å². The Morgan fingerprint density at radius 2 is 1.72 bits per heavy atom. The van der Waals surface area contributed by atoms with Crippen LogP contribution < -0.4 is 5.32 Å². The van der Waals surface area contributed by atoms with E-state index < -0.39 is 12.1 Å². The lowest BCUT2D eigenvalue weighted by atomic mass is 9.32. The molecule has 50 heavy (non-hydrogen) atoms. The minimum absolute atomic E-state index is 0.00728. The topological polar surface area (TPSA) is 89.9 Å². The van der Waals surface area contributed by atoms with E-state index in [9.17, 15) is 19.8 Å². The van der Waals surface area contributed by atoms with Crippen LogP contribution in [-0.4, -0.2) is 59.3 Å². The predicted octanol–water partition coefficient (Wildman–Crippen LogP) is 8.61. The van der Waals surface area contributed by atoms with Gasteiger partial charge in [0.1, 0.15) is 0 Å². The first-order valence-electron chi connectivity index (χ1n) is 19.9. The van der Waals surface area contributed by atoms with Crippen LogP contribution in [0.3, 0.4) is 0 Å². The van der Waals surface area contributed by atoms with Gasteiger partial charge >= 0.3 is 5.97 Å². The minimum Gasteiger partial charge on any atom is -0.478 e. The molecule has 274 valence electrons. The maximum absolute atomic E-state index is 12.2. The van der Waals surface area contributed by atoms with Gasteiger partial charge in [0.25, 0.3) is 0 Å². The average molecular weight is 685 g/mol. The van der Waals surface area contributed by atoms with Crippen LogP contribution in [0.1, 0.15) is 128 Å². The van der Waals surface area contributed by atoms with Crippen molar-refractivity contribution in [2.45, 2.75) is 118 Å². The van der Waals surface area contributed by atoms with E-state index in [1.165, 1.54) is 68.1 Å². The third kappa shape index (κ3) is 5.39. The van der Waals surface area contributed by atoms with Crippen LogP contribution in [0.15, 0.2) is 42.5 Å². The van der Waals surface area contributed by atoms with Crippen molar-refractivity contribution in [3.05, 3.63) is 53.6 Å². The molecule has 10 atom stereocenters. The number of carbonyl (C=O) groups excluding carboxylic acids is 1. The second-order valence-corrected chi connectivity index (χ2v) is 19.2. The van der Waals surface area contributed by atoms with Crippen LogP contribution in [0.4, 0.5) is 0 Å². The molecule has 4 saturated carbocycles. The highest BCUT2D eigenvalue weighted by atomic mass is 16.4. The number of amides is 1. The fourth-order valence-corrected chi connectivity index (χ4v) is 14.2. The van der Waals surface area contributed by atoms with E-state index in [1.807, 2.05) is 17.0 Å².